The van der Waals surface area contributed by atoms with E-state index >= 15 is 0 Å². The summed E-state index contributed by atoms with van der Waals surface area (Å²) in [5.74, 6) is -0.547. The Balaban J connectivity index is 1.07. The van der Waals surface area contributed by atoms with E-state index in [0.29, 0.717) is 33.6 Å². The number of nitrogens with one attached hydrogen (secondary N) is 3. The van der Waals surface area contributed by atoms with Gasteiger partial charge in [-0.25, -0.2) is 0 Å². The molecular formula is C36H40N8O3. The topological polar surface area (TPSA) is 131 Å². The van der Waals surface area contributed by atoms with Gasteiger partial charge >= 0.3 is 0 Å². The number of aromatic amines is 1. The Hall–Kier alpha value is -5.26. The summed E-state index contributed by atoms with van der Waals surface area (Å²) in [5.41, 5.74) is 5.50. The minimum absolute atomic E-state index is 0.0258. The number of rotatable bonds is 11. The monoisotopic (exact) mass is 632 g/mol. The SMILES string of the molecule is Cc1cc(C(=O)Nc2cccc(C(=O)c3ccc4c(C=Nc5ccc(NCCCN6CCN(C)CC6)cc5)c(O)[nH]c4c3)c2)n(C)n1. The molecule has 1 amide bonds. The fourth-order valence-electron chi connectivity index (χ4n) is 5.81. The summed E-state index contributed by atoms with van der Waals surface area (Å²) in [4.78, 5) is 38.6. The van der Waals surface area contributed by atoms with E-state index < -0.39 is 0 Å². The second-order valence-corrected chi connectivity index (χ2v) is 12.0. The van der Waals surface area contributed by atoms with Gasteiger partial charge in [-0.15, -0.1) is 0 Å². The van der Waals surface area contributed by atoms with Crippen molar-refractivity contribution in [1.29, 1.82) is 0 Å². The van der Waals surface area contributed by atoms with E-state index in [9.17, 15) is 14.7 Å². The number of H-pyrrole nitrogens is 1. The molecule has 242 valence electrons. The molecule has 1 saturated heterocycles. The zero-order valence-corrected chi connectivity index (χ0v) is 27.0. The number of piperazine rings is 1. The van der Waals surface area contributed by atoms with Crippen molar-refractivity contribution in [2.24, 2.45) is 12.0 Å². The van der Waals surface area contributed by atoms with Gasteiger partial charge in [0.05, 0.1) is 16.9 Å². The van der Waals surface area contributed by atoms with E-state index in [2.05, 4.69) is 42.6 Å². The predicted octanol–water partition coefficient (Wildman–Crippen LogP) is 5.20. The first-order chi connectivity index (χ1) is 22.7. The number of carbonyl (C=O) groups excluding carboxylic acids is 2. The lowest BCUT2D eigenvalue weighted by molar-refractivity contribution is 0.101. The minimum Gasteiger partial charge on any atom is -0.494 e. The van der Waals surface area contributed by atoms with Crippen LogP contribution in [0.3, 0.4) is 0 Å². The molecule has 0 spiro atoms. The molecule has 11 nitrogen and oxygen atoms in total. The van der Waals surface area contributed by atoms with Gasteiger partial charge in [0.15, 0.2) is 11.7 Å². The van der Waals surface area contributed by atoms with Crippen molar-refractivity contribution in [3.8, 4) is 5.88 Å². The van der Waals surface area contributed by atoms with E-state index in [0.717, 1.165) is 68.1 Å². The van der Waals surface area contributed by atoms with Gasteiger partial charge in [0.2, 0.25) is 0 Å². The van der Waals surface area contributed by atoms with E-state index in [1.807, 2.05) is 31.2 Å². The number of nitrogens with zero attached hydrogens (tertiary/aromatic N) is 5. The summed E-state index contributed by atoms with van der Waals surface area (Å²) in [6.07, 6.45) is 2.72. The average Bonchev–Trinajstić information content (AvgIpc) is 3.58. The Morgan fingerprint density at radius 1 is 0.957 bits per heavy atom. The van der Waals surface area contributed by atoms with Crippen LogP contribution in [-0.2, 0) is 7.05 Å². The molecule has 1 fully saturated rings. The molecule has 0 atom stereocenters. The van der Waals surface area contributed by atoms with Gasteiger partial charge in [-0.05, 0) is 75.5 Å². The molecular weight excluding hydrogens is 592 g/mol. The molecule has 0 radical (unpaired) electrons. The number of ketones is 1. The van der Waals surface area contributed by atoms with Gasteiger partial charge in [0, 0.05) is 79.4 Å². The van der Waals surface area contributed by atoms with Crippen LogP contribution in [0.4, 0.5) is 17.1 Å². The second-order valence-electron chi connectivity index (χ2n) is 12.0. The molecule has 0 saturated carbocycles. The van der Waals surface area contributed by atoms with Crippen LogP contribution in [0, 0.1) is 6.92 Å². The molecule has 6 rings (SSSR count). The molecule has 2 aromatic heterocycles. The first-order valence-electron chi connectivity index (χ1n) is 15.8. The molecule has 0 unspecified atom stereocenters. The first kappa shape index (κ1) is 31.7. The summed E-state index contributed by atoms with van der Waals surface area (Å²) in [7, 11) is 3.88. The zero-order valence-electron chi connectivity index (χ0n) is 27.0. The molecule has 1 aliphatic heterocycles. The Bertz CT molecular complexity index is 1920. The number of hydrogen-bond acceptors (Lipinski definition) is 8. The highest BCUT2D eigenvalue weighted by Gasteiger charge is 2.17. The van der Waals surface area contributed by atoms with E-state index in [1.54, 1.807) is 61.8 Å². The number of fused-ring (bicyclic) bond motifs is 1. The van der Waals surface area contributed by atoms with Crippen molar-refractivity contribution in [3.63, 3.8) is 0 Å². The Morgan fingerprint density at radius 3 is 2.47 bits per heavy atom. The number of amides is 1. The van der Waals surface area contributed by atoms with Gasteiger partial charge in [-0.3, -0.25) is 19.3 Å². The quantitative estimate of drug-likeness (QED) is 0.0895. The number of aliphatic imine (C=N–C) groups is 1. The maximum Gasteiger partial charge on any atom is 0.273 e. The van der Waals surface area contributed by atoms with Crippen LogP contribution < -0.4 is 10.6 Å². The fraction of sp³-hybridized carbons (Fsp3) is 0.278. The van der Waals surface area contributed by atoms with Crippen LogP contribution in [-0.4, -0.2) is 93.9 Å². The van der Waals surface area contributed by atoms with Crippen molar-refractivity contribution in [3.05, 3.63) is 101 Å². The number of aryl methyl sites for hydroxylation is 2. The largest absolute Gasteiger partial charge is 0.494 e. The summed E-state index contributed by atoms with van der Waals surface area (Å²) in [5, 5.41) is 22.0. The van der Waals surface area contributed by atoms with Crippen LogP contribution in [0.2, 0.25) is 0 Å². The molecule has 0 bridgehead atoms. The number of likely N-dealkylation sites (N-methyl/N-ethyl adjacent to an activating group) is 1. The van der Waals surface area contributed by atoms with Crippen molar-refractivity contribution in [2.45, 2.75) is 13.3 Å². The maximum absolute atomic E-state index is 13.4. The highest BCUT2D eigenvalue weighted by Crippen LogP contribution is 2.28. The second kappa shape index (κ2) is 14.0. The van der Waals surface area contributed by atoms with E-state index in [4.69, 9.17) is 0 Å². The van der Waals surface area contributed by atoms with Crippen LogP contribution >= 0.6 is 0 Å². The highest BCUT2D eigenvalue weighted by atomic mass is 16.3. The standard InChI is InChI=1S/C36H40N8O3/c1-24-20-33(43(3)41-24)36(47)39-29-7-4-6-25(21-29)34(45)26-8-13-30-31(35(46)40-32(30)22-26)23-38-28-11-9-27(10-12-28)37-14-5-15-44-18-16-42(2)17-19-44/h4,6-13,20-23,37,40,46H,5,14-19H2,1-3H3,(H,39,47). The third kappa shape index (κ3) is 7.59. The normalized spacial score (nSPS) is 14.2. The fourth-order valence-corrected chi connectivity index (χ4v) is 5.81. The van der Waals surface area contributed by atoms with Gasteiger partial charge in [-0.2, -0.15) is 5.10 Å². The predicted molar refractivity (Wildman–Crippen MR) is 186 cm³/mol. The molecule has 3 aromatic carbocycles. The Kier molecular flexibility index (Phi) is 9.46. The zero-order chi connectivity index (χ0) is 32.9. The molecule has 4 N–H and O–H groups in total. The summed E-state index contributed by atoms with van der Waals surface area (Å²) in [6, 6.07) is 21.6. The molecule has 3 heterocycles. The van der Waals surface area contributed by atoms with Crippen molar-refractivity contribution >= 4 is 45.9 Å². The van der Waals surface area contributed by atoms with Gasteiger partial charge in [0.25, 0.3) is 5.91 Å². The lowest BCUT2D eigenvalue weighted by Gasteiger charge is -2.32. The maximum atomic E-state index is 13.4. The van der Waals surface area contributed by atoms with Crippen LogP contribution in [0.15, 0.2) is 77.8 Å². The first-order valence-corrected chi connectivity index (χ1v) is 15.8. The molecule has 1 aliphatic rings. The number of aromatic nitrogens is 3. The molecule has 0 aliphatic carbocycles. The lowest BCUT2D eigenvalue weighted by Crippen LogP contribution is -2.44. The van der Waals surface area contributed by atoms with Crippen LogP contribution in [0.1, 0.15) is 44.1 Å². The third-order valence-corrected chi connectivity index (χ3v) is 8.48. The number of benzene rings is 3. The third-order valence-electron chi connectivity index (χ3n) is 8.48. The van der Waals surface area contributed by atoms with Crippen LogP contribution in [0.25, 0.3) is 10.9 Å². The highest BCUT2D eigenvalue weighted by molar-refractivity contribution is 6.13. The summed E-state index contributed by atoms with van der Waals surface area (Å²) < 4.78 is 1.52. The van der Waals surface area contributed by atoms with Gasteiger partial charge in [-0.1, -0.05) is 24.3 Å². The van der Waals surface area contributed by atoms with Crippen LogP contribution in [0.5, 0.6) is 5.88 Å². The number of aromatic hydroxyl groups is 1. The van der Waals surface area contributed by atoms with Crippen molar-refractivity contribution in [2.75, 3.05) is 56.9 Å². The Labute approximate surface area is 273 Å². The Morgan fingerprint density at radius 2 is 1.72 bits per heavy atom. The van der Waals surface area contributed by atoms with Gasteiger partial charge < -0.3 is 30.5 Å². The number of carbonyl (C=O) groups is 2. The molecule has 11 heteroatoms. The smallest absolute Gasteiger partial charge is 0.273 e. The summed E-state index contributed by atoms with van der Waals surface area (Å²) >= 11 is 0. The van der Waals surface area contributed by atoms with Crippen molar-refractivity contribution < 1.29 is 14.7 Å². The van der Waals surface area contributed by atoms with Crippen molar-refractivity contribution in [1.82, 2.24) is 24.6 Å². The van der Waals surface area contributed by atoms with Gasteiger partial charge in [0.1, 0.15) is 5.69 Å². The van der Waals surface area contributed by atoms with E-state index in [1.165, 1.54) is 4.68 Å². The van der Waals surface area contributed by atoms with E-state index in [-0.39, 0.29) is 17.6 Å². The molecule has 5 aromatic rings. The average molecular weight is 633 g/mol. The number of hydrogen-bond donors (Lipinski definition) is 4. The minimum atomic E-state index is -0.310. The lowest BCUT2D eigenvalue weighted by atomic mass is 10.0. The summed E-state index contributed by atoms with van der Waals surface area (Å²) in [6.45, 7) is 8.39. The number of anilines is 2. The molecule has 47 heavy (non-hydrogen) atoms.